The molecule has 0 aliphatic rings. The van der Waals surface area contributed by atoms with Crippen LogP contribution in [0.3, 0.4) is 0 Å². The quantitative estimate of drug-likeness (QED) is 0.245. The van der Waals surface area contributed by atoms with E-state index >= 15 is 0 Å². The second-order valence-corrected chi connectivity index (χ2v) is 6.27. The molecule has 6 N–H and O–H groups in total. The number of aliphatic carboxylic acids is 1. The maximum absolute atomic E-state index is 12.1. The summed E-state index contributed by atoms with van der Waals surface area (Å²) >= 11 is 0. The number of hydrogen-bond donors (Lipinski definition) is 6. The fraction of sp³-hybridized carbons (Fsp3) is 0.688. The third-order valence-electron chi connectivity index (χ3n) is 3.81. The number of amides is 4. The van der Waals surface area contributed by atoms with Gasteiger partial charge in [0.1, 0.15) is 24.2 Å². The summed E-state index contributed by atoms with van der Waals surface area (Å²) in [6, 6.07) is -4.40. The van der Waals surface area contributed by atoms with Crippen LogP contribution >= 0.6 is 0 Å². The van der Waals surface area contributed by atoms with Crippen LogP contribution in [-0.4, -0.2) is 72.0 Å². The van der Waals surface area contributed by atoms with Gasteiger partial charge in [-0.3, -0.25) is 24.0 Å². The first-order valence-electron chi connectivity index (χ1n) is 8.52. The number of carbonyl (C=O) groups is 5. The zero-order valence-corrected chi connectivity index (χ0v) is 16.4. The molecular weight excluding hydrogens is 358 g/mol. The Hall–Kier alpha value is -2.69. The molecule has 0 aliphatic carbocycles. The Morgan fingerprint density at radius 2 is 0.815 bits per heavy atom. The van der Waals surface area contributed by atoms with Crippen molar-refractivity contribution in [3.05, 3.63) is 0 Å². The van der Waals surface area contributed by atoms with Crippen LogP contribution in [0.15, 0.2) is 0 Å². The molecule has 11 heteroatoms. The monoisotopic (exact) mass is 387 g/mol. The topological polar surface area (TPSA) is 166 Å². The van der Waals surface area contributed by atoms with E-state index in [-0.39, 0.29) is 5.91 Å². The average molecular weight is 387 g/mol. The Bertz CT molecular complexity index is 582. The molecule has 0 rings (SSSR count). The van der Waals surface area contributed by atoms with Gasteiger partial charge in [0.25, 0.3) is 0 Å². The van der Waals surface area contributed by atoms with Crippen molar-refractivity contribution in [2.75, 3.05) is 7.05 Å². The van der Waals surface area contributed by atoms with Gasteiger partial charge >= 0.3 is 5.97 Å². The molecule has 0 aromatic carbocycles. The molecule has 5 unspecified atom stereocenters. The van der Waals surface area contributed by atoms with E-state index in [1.807, 2.05) is 0 Å². The van der Waals surface area contributed by atoms with E-state index < -0.39 is 53.9 Å². The van der Waals surface area contributed by atoms with Crippen LogP contribution in [-0.2, 0) is 24.0 Å². The summed E-state index contributed by atoms with van der Waals surface area (Å²) in [5, 5.41) is 21.0. The van der Waals surface area contributed by atoms with Crippen molar-refractivity contribution in [2.24, 2.45) is 0 Å². The fourth-order valence-corrected chi connectivity index (χ4v) is 1.74. The molecule has 0 heterocycles. The van der Waals surface area contributed by atoms with Crippen LogP contribution in [0, 0.1) is 0 Å². The summed E-state index contributed by atoms with van der Waals surface area (Å²) in [6.45, 7) is 7.21. The van der Waals surface area contributed by atoms with E-state index in [9.17, 15) is 24.0 Å². The number of nitrogens with one attached hydrogen (secondary N) is 5. The smallest absolute Gasteiger partial charge is 0.325 e. The molecule has 0 aromatic rings. The Labute approximate surface area is 158 Å². The third kappa shape index (κ3) is 8.49. The van der Waals surface area contributed by atoms with Gasteiger partial charge in [-0.2, -0.15) is 0 Å². The molecule has 0 bridgehead atoms. The Morgan fingerprint density at radius 1 is 0.556 bits per heavy atom. The fourth-order valence-electron chi connectivity index (χ4n) is 1.74. The summed E-state index contributed by atoms with van der Waals surface area (Å²) in [4.78, 5) is 58.5. The lowest BCUT2D eigenvalue weighted by Crippen LogP contribution is -2.56. The largest absolute Gasteiger partial charge is 0.480 e. The molecule has 0 radical (unpaired) electrons. The lowest BCUT2D eigenvalue weighted by molar-refractivity contribution is -0.141. The van der Waals surface area contributed by atoms with Crippen LogP contribution in [0.1, 0.15) is 34.6 Å². The highest BCUT2D eigenvalue weighted by Crippen LogP contribution is 1.92. The number of likely N-dealkylation sites (N-methyl/N-ethyl adjacent to an activating group) is 1. The number of carboxylic acid groups (broad SMARTS) is 1. The van der Waals surface area contributed by atoms with Gasteiger partial charge in [-0.1, -0.05) is 0 Å². The van der Waals surface area contributed by atoms with Crippen molar-refractivity contribution >= 4 is 29.6 Å². The first-order valence-corrected chi connectivity index (χ1v) is 8.52. The molecule has 0 saturated heterocycles. The molecule has 11 nitrogen and oxygen atoms in total. The van der Waals surface area contributed by atoms with Crippen LogP contribution in [0.2, 0.25) is 0 Å². The Balaban J connectivity index is 4.55. The number of carboxylic acids is 1. The zero-order chi connectivity index (χ0) is 21.3. The van der Waals surface area contributed by atoms with E-state index in [0.717, 1.165) is 0 Å². The molecule has 4 amide bonds. The van der Waals surface area contributed by atoms with Crippen molar-refractivity contribution in [2.45, 2.75) is 64.8 Å². The van der Waals surface area contributed by atoms with Gasteiger partial charge in [0.2, 0.25) is 23.6 Å². The Kier molecular flexibility index (Phi) is 10.0. The summed E-state index contributed by atoms with van der Waals surface area (Å²) < 4.78 is 0. The van der Waals surface area contributed by atoms with Gasteiger partial charge in [0, 0.05) is 0 Å². The molecule has 0 spiro atoms. The SMILES string of the molecule is CNC(C)C(=O)NC(C)C(=O)NC(C)C(=O)NC(C)C(=O)NC(C)C(=O)O. The highest BCUT2D eigenvalue weighted by atomic mass is 16.4. The van der Waals surface area contributed by atoms with Gasteiger partial charge in [-0.15, -0.1) is 0 Å². The summed E-state index contributed by atoms with van der Waals surface area (Å²) in [7, 11) is 1.61. The highest BCUT2D eigenvalue weighted by Gasteiger charge is 2.25. The highest BCUT2D eigenvalue weighted by molar-refractivity contribution is 5.94. The minimum absolute atomic E-state index is 0.366. The molecule has 0 aromatic heterocycles. The van der Waals surface area contributed by atoms with E-state index in [1.165, 1.54) is 27.7 Å². The first-order chi connectivity index (χ1) is 12.4. The van der Waals surface area contributed by atoms with E-state index in [2.05, 4.69) is 26.6 Å². The van der Waals surface area contributed by atoms with Crippen LogP contribution < -0.4 is 26.6 Å². The molecule has 0 saturated carbocycles. The van der Waals surface area contributed by atoms with E-state index in [1.54, 1.807) is 14.0 Å². The van der Waals surface area contributed by atoms with Gasteiger partial charge < -0.3 is 31.7 Å². The minimum Gasteiger partial charge on any atom is -0.480 e. The molecule has 5 atom stereocenters. The zero-order valence-electron chi connectivity index (χ0n) is 16.4. The molecule has 154 valence electrons. The predicted molar refractivity (Wildman–Crippen MR) is 96.6 cm³/mol. The molecule has 27 heavy (non-hydrogen) atoms. The molecule has 0 fully saturated rings. The number of hydrogen-bond acceptors (Lipinski definition) is 6. The summed E-state index contributed by atoms with van der Waals surface area (Å²) in [5.74, 6) is -3.43. The Morgan fingerprint density at radius 3 is 1.07 bits per heavy atom. The lowest BCUT2D eigenvalue weighted by atomic mass is 10.2. The van der Waals surface area contributed by atoms with E-state index in [4.69, 9.17) is 5.11 Å². The van der Waals surface area contributed by atoms with Crippen LogP contribution in [0.4, 0.5) is 0 Å². The van der Waals surface area contributed by atoms with Gasteiger partial charge in [0.05, 0.1) is 6.04 Å². The van der Waals surface area contributed by atoms with Crippen LogP contribution in [0.5, 0.6) is 0 Å². The van der Waals surface area contributed by atoms with Crippen molar-refractivity contribution in [1.29, 1.82) is 0 Å². The van der Waals surface area contributed by atoms with Crippen molar-refractivity contribution in [1.82, 2.24) is 26.6 Å². The maximum atomic E-state index is 12.1. The van der Waals surface area contributed by atoms with Crippen molar-refractivity contribution in [3.8, 4) is 0 Å². The minimum atomic E-state index is -1.20. The van der Waals surface area contributed by atoms with Crippen LogP contribution in [0.25, 0.3) is 0 Å². The number of rotatable bonds is 10. The lowest BCUT2D eigenvalue weighted by Gasteiger charge is -2.21. The third-order valence-corrected chi connectivity index (χ3v) is 3.81. The second-order valence-electron chi connectivity index (χ2n) is 6.27. The predicted octanol–water partition coefficient (Wildman–Crippen LogP) is -2.30. The second kappa shape index (κ2) is 11.1. The van der Waals surface area contributed by atoms with Gasteiger partial charge in [-0.05, 0) is 41.7 Å². The normalized spacial score (nSPS) is 16.1. The molecular formula is C16H29N5O6. The first kappa shape index (κ1) is 24.3. The average Bonchev–Trinajstić information content (AvgIpc) is 2.59. The number of carbonyl (C=O) groups excluding carboxylic acids is 4. The van der Waals surface area contributed by atoms with Gasteiger partial charge in [0.15, 0.2) is 0 Å². The maximum Gasteiger partial charge on any atom is 0.325 e. The molecule has 0 aliphatic heterocycles. The van der Waals surface area contributed by atoms with Gasteiger partial charge in [-0.25, -0.2) is 0 Å². The van der Waals surface area contributed by atoms with Crippen molar-refractivity contribution < 1.29 is 29.1 Å². The summed E-state index contributed by atoms with van der Waals surface area (Å²) in [5.41, 5.74) is 0. The summed E-state index contributed by atoms with van der Waals surface area (Å²) in [6.07, 6.45) is 0. The van der Waals surface area contributed by atoms with Crippen molar-refractivity contribution in [3.63, 3.8) is 0 Å². The standard InChI is InChI=1S/C16H29N5O6/c1-7(17-6)12(22)18-8(2)13(23)19-9(3)14(24)20-10(4)15(25)21-11(5)16(26)27/h7-11,17H,1-6H3,(H,18,22)(H,19,23)(H,20,24)(H,21,25)(H,26,27). The van der Waals surface area contributed by atoms with E-state index in [0.29, 0.717) is 0 Å².